The summed E-state index contributed by atoms with van der Waals surface area (Å²) in [6.07, 6.45) is -9.19. The van der Waals surface area contributed by atoms with Crippen molar-refractivity contribution in [3.8, 4) is 0 Å². The monoisotopic (exact) mass is 576 g/mol. The van der Waals surface area contributed by atoms with E-state index in [0.29, 0.717) is 6.42 Å². The lowest BCUT2D eigenvalue weighted by Crippen LogP contribution is -2.64. The van der Waals surface area contributed by atoms with Gasteiger partial charge in [0.2, 0.25) is 0 Å². The molecule has 13 heteroatoms. The number of aliphatic hydroxyl groups excluding tert-OH is 5. The average Bonchev–Trinajstić information content (AvgIpc) is 3.70. The smallest absolute Gasteiger partial charge is 0.332 e. The molecule has 3 saturated heterocycles. The molecule has 0 bridgehead atoms. The summed E-state index contributed by atoms with van der Waals surface area (Å²) < 4.78 is 36.6. The maximum absolute atomic E-state index is 12.0. The normalized spacial score (nSPS) is 49.1. The molecule has 14 atom stereocenters. The number of carboxylic acid groups (broad SMARTS) is 1. The first-order chi connectivity index (χ1) is 19.1. The molecule has 0 aromatic rings. The lowest BCUT2D eigenvalue weighted by atomic mass is 9.82. The van der Waals surface area contributed by atoms with E-state index in [1.807, 2.05) is 6.92 Å². The standard InChI is InChI=1S/C27H44O13/c1-3-13-5-4-6-14(21(13)40-25-20(32)19(31)17(29)12(2)36-25)38-26-23-22(18(30)16(10-28)39-26)37-15(24(33)34)9-27(7-8-27)11-35-23/h12-23,25-26,28-32H,3-11H2,1-2H3,(H,33,34)/t12?,13-,14-,15-,16?,17-,18+,19?,20+,21?,22?,23?,25+,26-/m1/s1. The summed E-state index contributed by atoms with van der Waals surface area (Å²) in [5.41, 5.74) is -0.308. The van der Waals surface area contributed by atoms with Crippen LogP contribution in [0.5, 0.6) is 0 Å². The highest BCUT2D eigenvalue weighted by Crippen LogP contribution is 2.52. The topological polar surface area (TPSA) is 194 Å². The van der Waals surface area contributed by atoms with Crippen LogP contribution in [0.15, 0.2) is 0 Å². The van der Waals surface area contributed by atoms with Crippen molar-refractivity contribution in [1.82, 2.24) is 0 Å². The van der Waals surface area contributed by atoms with Crippen LogP contribution in [-0.2, 0) is 33.2 Å². The van der Waals surface area contributed by atoms with Crippen LogP contribution < -0.4 is 0 Å². The number of aliphatic hydroxyl groups is 5. The first kappa shape index (κ1) is 30.5. The maximum Gasteiger partial charge on any atom is 0.332 e. The highest BCUT2D eigenvalue weighted by molar-refractivity contribution is 5.72. The largest absolute Gasteiger partial charge is 0.479 e. The summed E-state index contributed by atoms with van der Waals surface area (Å²) in [4.78, 5) is 12.0. The molecule has 230 valence electrons. The van der Waals surface area contributed by atoms with Crippen molar-refractivity contribution in [2.45, 2.75) is 139 Å². The fraction of sp³-hybridized carbons (Fsp3) is 0.963. The van der Waals surface area contributed by atoms with E-state index in [0.717, 1.165) is 32.1 Å². The molecule has 1 spiro atoms. The molecule has 0 radical (unpaired) electrons. The number of ether oxygens (including phenoxy) is 6. The van der Waals surface area contributed by atoms with Gasteiger partial charge in [-0.3, -0.25) is 0 Å². The minimum absolute atomic E-state index is 0.0214. The number of aliphatic carboxylic acids is 1. The predicted octanol–water partition coefficient (Wildman–Crippen LogP) is -0.720. The minimum atomic E-state index is -1.47. The number of carbonyl (C=O) groups is 1. The zero-order valence-electron chi connectivity index (χ0n) is 23.0. The minimum Gasteiger partial charge on any atom is -0.479 e. The Morgan fingerprint density at radius 1 is 0.925 bits per heavy atom. The van der Waals surface area contributed by atoms with Crippen LogP contribution in [-0.4, -0.2) is 130 Å². The van der Waals surface area contributed by atoms with Crippen LogP contribution in [0.3, 0.4) is 0 Å². The van der Waals surface area contributed by atoms with Crippen molar-refractivity contribution in [2.75, 3.05) is 13.2 Å². The predicted molar refractivity (Wildman–Crippen MR) is 134 cm³/mol. The van der Waals surface area contributed by atoms with Crippen molar-refractivity contribution in [3.63, 3.8) is 0 Å². The second kappa shape index (κ2) is 12.3. The van der Waals surface area contributed by atoms with Gasteiger partial charge in [0.25, 0.3) is 0 Å². The summed E-state index contributed by atoms with van der Waals surface area (Å²) in [6, 6.07) is 0. The third kappa shape index (κ3) is 6.06. The number of carboxylic acids is 1. The number of rotatable bonds is 7. The lowest BCUT2D eigenvalue weighted by molar-refractivity contribution is -0.356. The van der Waals surface area contributed by atoms with E-state index in [-0.39, 0.29) is 24.4 Å². The molecule has 0 aromatic carbocycles. The highest BCUT2D eigenvalue weighted by atomic mass is 16.7. The molecule has 5 aliphatic rings. The van der Waals surface area contributed by atoms with Crippen molar-refractivity contribution >= 4 is 5.97 Å². The van der Waals surface area contributed by atoms with Crippen molar-refractivity contribution in [1.29, 1.82) is 0 Å². The Bertz CT molecular complexity index is 869. The molecule has 3 heterocycles. The molecule has 2 aliphatic carbocycles. The van der Waals surface area contributed by atoms with E-state index in [9.17, 15) is 35.4 Å². The lowest BCUT2D eigenvalue weighted by Gasteiger charge is -2.49. The third-order valence-electron chi connectivity index (χ3n) is 9.38. The van der Waals surface area contributed by atoms with Gasteiger partial charge < -0.3 is 59.1 Å². The molecule has 0 amide bonds. The molecule has 13 nitrogen and oxygen atoms in total. The summed E-state index contributed by atoms with van der Waals surface area (Å²) in [5.74, 6) is -1.10. The molecule has 5 fully saturated rings. The van der Waals surface area contributed by atoms with Crippen LogP contribution in [0.2, 0.25) is 0 Å². The Kier molecular flexibility index (Phi) is 9.40. The van der Waals surface area contributed by atoms with Crippen molar-refractivity contribution < 1.29 is 63.9 Å². The molecular weight excluding hydrogens is 532 g/mol. The molecule has 3 aliphatic heterocycles. The SMILES string of the molecule is CC[C@@H]1CCC[C@@H](O[C@@H]2OC(CO)[C@H](O)C3O[C@@H](C(=O)O)CC4(CC4)COC32)C1O[C@@H]1OC(C)[C@@H](O)C(O)[C@@H]1O. The molecule has 6 unspecified atom stereocenters. The summed E-state index contributed by atoms with van der Waals surface area (Å²) in [5, 5.41) is 61.7. The second-order valence-corrected chi connectivity index (χ2v) is 12.2. The second-order valence-electron chi connectivity index (χ2n) is 12.2. The fourth-order valence-electron chi connectivity index (χ4n) is 6.56. The van der Waals surface area contributed by atoms with Gasteiger partial charge in [0.15, 0.2) is 18.7 Å². The molecule has 2 saturated carbocycles. The van der Waals surface area contributed by atoms with E-state index in [2.05, 4.69) is 0 Å². The molecule has 6 N–H and O–H groups in total. The van der Waals surface area contributed by atoms with E-state index in [4.69, 9.17) is 28.4 Å². The van der Waals surface area contributed by atoms with Gasteiger partial charge in [-0.2, -0.15) is 0 Å². The van der Waals surface area contributed by atoms with Crippen molar-refractivity contribution in [3.05, 3.63) is 0 Å². The number of fused-ring (bicyclic) bond motifs is 1. The number of hydrogen-bond acceptors (Lipinski definition) is 12. The van der Waals surface area contributed by atoms with Gasteiger partial charge in [0.05, 0.1) is 31.5 Å². The van der Waals surface area contributed by atoms with Gasteiger partial charge in [-0.25, -0.2) is 4.79 Å². The average molecular weight is 577 g/mol. The van der Waals surface area contributed by atoms with Gasteiger partial charge >= 0.3 is 5.97 Å². The Labute approximate surface area is 233 Å². The van der Waals surface area contributed by atoms with Crippen LogP contribution in [0.1, 0.15) is 58.8 Å². The van der Waals surface area contributed by atoms with Crippen LogP contribution in [0, 0.1) is 11.3 Å². The van der Waals surface area contributed by atoms with Crippen LogP contribution in [0.4, 0.5) is 0 Å². The highest BCUT2D eigenvalue weighted by Gasteiger charge is 2.56. The zero-order valence-corrected chi connectivity index (χ0v) is 23.0. The molecular formula is C27H44O13. The Morgan fingerprint density at radius 2 is 1.68 bits per heavy atom. The third-order valence-corrected chi connectivity index (χ3v) is 9.38. The quantitative estimate of drug-likeness (QED) is 0.223. The van der Waals surface area contributed by atoms with E-state index in [1.54, 1.807) is 6.92 Å². The number of hydrogen-bond donors (Lipinski definition) is 6. The maximum atomic E-state index is 12.0. The van der Waals surface area contributed by atoms with Crippen LogP contribution >= 0.6 is 0 Å². The van der Waals surface area contributed by atoms with Gasteiger partial charge in [0.1, 0.15) is 42.7 Å². The molecule has 40 heavy (non-hydrogen) atoms. The zero-order chi connectivity index (χ0) is 28.8. The van der Waals surface area contributed by atoms with E-state index in [1.165, 1.54) is 0 Å². The molecule has 0 aromatic heterocycles. The Balaban J connectivity index is 1.37. The van der Waals surface area contributed by atoms with Gasteiger partial charge in [-0.1, -0.05) is 19.8 Å². The molecule has 5 rings (SSSR count). The summed E-state index contributed by atoms with van der Waals surface area (Å²) in [7, 11) is 0. The van der Waals surface area contributed by atoms with Crippen molar-refractivity contribution in [2.24, 2.45) is 11.3 Å². The van der Waals surface area contributed by atoms with Gasteiger partial charge in [0, 0.05) is 0 Å². The first-order valence-electron chi connectivity index (χ1n) is 14.5. The Hall–Kier alpha value is -0.970. The van der Waals surface area contributed by atoms with Gasteiger partial charge in [-0.05, 0) is 50.4 Å². The van der Waals surface area contributed by atoms with Gasteiger partial charge in [-0.15, -0.1) is 0 Å². The fourth-order valence-corrected chi connectivity index (χ4v) is 6.56. The van der Waals surface area contributed by atoms with Crippen LogP contribution in [0.25, 0.3) is 0 Å². The van der Waals surface area contributed by atoms with E-state index < -0.39 is 92.3 Å². The Morgan fingerprint density at radius 3 is 2.33 bits per heavy atom. The summed E-state index contributed by atoms with van der Waals surface area (Å²) in [6.45, 7) is 3.32. The first-order valence-corrected chi connectivity index (χ1v) is 14.5. The summed E-state index contributed by atoms with van der Waals surface area (Å²) >= 11 is 0. The van der Waals surface area contributed by atoms with E-state index >= 15 is 0 Å².